The van der Waals surface area contributed by atoms with Crippen molar-refractivity contribution in [2.75, 3.05) is 18.9 Å². The van der Waals surface area contributed by atoms with E-state index in [1.54, 1.807) is 6.07 Å². The number of nitrogens with one attached hydrogen (secondary N) is 1. The van der Waals surface area contributed by atoms with E-state index in [1.165, 1.54) is 32.4 Å². The molecule has 0 radical (unpaired) electrons. The molecule has 0 amide bonds. The van der Waals surface area contributed by atoms with Crippen LogP contribution in [0.15, 0.2) is 29.4 Å². The summed E-state index contributed by atoms with van der Waals surface area (Å²) in [5, 5.41) is 3.69. The van der Waals surface area contributed by atoms with Crippen molar-refractivity contribution in [2.45, 2.75) is 5.16 Å². The third-order valence-electron chi connectivity index (χ3n) is 3.08. The van der Waals surface area contributed by atoms with Gasteiger partial charge in [0.2, 0.25) is 5.88 Å². The van der Waals surface area contributed by atoms with E-state index in [0.717, 1.165) is 4.52 Å². The Morgan fingerprint density at radius 3 is 2.40 bits per heavy atom. The molecule has 0 saturated heterocycles. The Kier molecular flexibility index (Phi) is 4.58. The van der Waals surface area contributed by atoms with Gasteiger partial charge in [0.15, 0.2) is 5.65 Å². The number of nitrogens with zero attached hydrogens (tertiary/aromatic N) is 4. The smallest absolute Gasteiger partial charge is 0.322 e. The molecule has 0 aliphatic rings. The first-order valence-electron chi connectivity index (χ1n) is 6.68. The van der Waals surface area contributed by atoms with E-state index in [1.807, 2.05) is 0 Å². The third-order valence-corrected chi connectivity index (χ3v) is 4.84. The van der Waals surface area contributed by atoms with Crippen molar-refractivity contribution < 1.29 is 17.9 Å². The number of fused-ring (bicyclic) bond motifs is 1. The third kappa shape index (κ3) is 3.28. The summed E-state index contributed by atoms with van der Waals surface area (Å²) in [4.78, 5) is 7.98. The highest BCUT2D eigenvalue weighted by atomic mass is 35.5. The maximum atomic E-state index is 12.6. The van der Waals surface area contributed by atoms with Gasteiger partial charge in [-0.25, -0.2) is 0 Å². The first kappa shape index (κ1) is 17.5. The van der Waals surface area contributed by atoms with E-state index in [2.05, 4.69) is 19.8 Å². The zero-order valence-electron chi connectivity index (χ0n) is 12.9. The molecular formula is C13H11Cl2N5O4S. The summed E-state index contributed by atoms with van der Waals surface area (Å²) in [6, 6.07) is 6.02. The van der Waals surface area contributed by atoms with Crippen molar-refractivity contribution in [3.05, 3.63) is 34.3 Å². The van der Waals surface area contributed by atoms with Crippen molar-refractivity contribution in [3.8, 4) is 11.9 Å². The second-order valence-electron chi connectivity index (χ2n) is 4.65. The second-order valence-corrected chi connectivity index (χ2v) is 7.04. The lowest BCUT2D eigenvalue weighted by Crippen LogP contribution is -2.15. The molecule has 0 saturated carbocycles. The summed E-state index contributed by atoms with van der Waals surface area (Å²) in [5.41, 5.74) is 0.210. The van der Waals surface area contributed by atoms with Crippen molar-refractivity contribution in [1.82, 2.24) is 19.6 Å². The molecule has 12 heteroatoms. The number of rotatable bonds is 5. The summed E-state index contributed by atoms with van der Waals surface area (Å²) in [6.07, 6.45) is 0. The summed E-state index contributed by atoms with van der Waals surface area (Å²) >= 11 is 12.0. The average Bonchev–Trinajstić information content (AvgIpc) is 3.02. The van der Waals surface area contributed by atoms with Crippen LogP contribution < -0.4 is 14.2 Å². The number of anilines is 1. The van der Waals surface area contributed by atoms with Crippen LogP contribution in [0.3, 0.4) is 0 Å². The lowest BCUT2D eigenvalue weighted by atomic mass is 10.3. The highest BCUT2D eigenvalue weighted by Crippen LogP contribution is 2.31. The molecule has 0 fully saturated rings. The summed E-state index contributed by atoms with van der Waals surface area (Å²) in [7, 11) is -1.38. The minimum Gasteiger partial charge on any atom is -0.481 e. The fraction of sp³-hybridized carbons (Fsp3) is 0.154. The zero-order chi connectivity index (χ0) is 18.2. The molecule has 0 aliphatic carbocycles. The predicted octanol–water partition coefficient (Wildman–Crippen LogP) is 2.25. The Balaban J connectivity index is 2.09. The molecule has 1 N–H and O–H groups in total. The molecule has 2 heterocycles. The number of aromatic nitrogens is 4. The largest absolute Gasteiger partial charge is 0.481 e. The van der Waals surface area contributed by atoms with Crippen LogP contribution in [0, 0.1) is 0 Å². The molecule has 1 aromatic carbocycles. The van der Waals surface area contributed by atoms with Gasteiger partial charge in [-0.15, -0.1) is 5.10 Å². The Morgan fingerprint density at radius 1 is 1.12 bits per heavy atom. The van der Waals surface area contributed by atoms with Gasteiger partial charge in [-0.2, -0.15) is 22.9 Å². The Morgan fingerprint density at radius 2 is 1.80 bits per heavy atom. The average molecular weight is 404 g/mol. The fourth-order valence-electron chi connectivity index (χ4n) is 1.95. The predicted molar refractivity (Wildman–Crippen MR) is 91.2 cm³/mol. The van der Waals surface area contributed by atoms with Gasteiger partial charge in [0.1, 0.15) is 0 Å². The normalized spacial score (nSPS) is 11.5. The minimum absolute atomic E-state index is 0.0130. The molecule has 0 atom stereocenters. The van der Waals surface area contributed by atoms with Gasteiger partial charge in [0, 0.05) is 6.07 Å². The van der Waals surface area contributed by atoms with Gasteiger partial charge in [-0.3, -0.25) is 4.72 Å². The number of hydrogen-bond donors (Lipinski definition) is 1. The Bertz CT molecular complexity index is 1030. The van der Waals surface area contributed by atoms with E-state index >= 15 is 0 Å². The maximum Gasteiger partial charge on any atom is 0.322 e. The van der Waals surface area contributed by atoms with Crippen molar-refractivity contribution in [2.24, 2.45) is 0 Å². The number of hydrogen-bond acceptors (Lipinski definition) is 7. The molecule has 0 bridgehead atoms. The number of methoxy groups -OCH3 is 2. The standard InChI is InChI=1S/C13H11Cl2N5O4S/c1-23-10-6-9-16-12(18-20(9)13(17-10)24-2)25(21,22)19-11-7(14)4-3-5-8(11)15/h3-6,19H,1-2H3. The van der Waals surface area contributed by atoms with Gasteiger partial charge in [-0.05, 0) is 12.1 Å². The van der Waals surface area contributed by atoms with Gasteiger partial charge in [0.05, 0.1) is 30.0 Å². The van der Waals surface area contributed by atoms with E-state index in [-0.39, 0.29) is 33.3 Å². The molecule has 3 rings (SSSR count). The van der Waals surface area contributed by atoms with Crippen LogP contribution in [0.25, 0.3) is 5.65 Å². The van der Waals surface area contributed by atoms with Crippen molar-refractivity contribution in [3.63, 3.8) is 0 Å². The molecule has 0 unspecified atom stereocenters. The second kappa shape index (κ2) is 6.54. The number of sulfonamides is 1. The number of ether oxygens (including phenoxy) is 2. The number of para-hydroxylation sites is 1. The van der Waals surface area contributed by atoms with Gasteiger partial charge in [-0.1, -0.05) is 29.3 Å². The van der Waals surface area contributed by atoms with Crippen LogP contribution in [0.1, 0.15) is 0 Å². The van der Waals surface area contributed by atoms with E-state index in [9.17, 15) is 8.42 Å². The minimum atomic E-state index is -4.15. The summed E-state index contributed by atoms with van der Waals surface area (Å²) < 4.78 is 38.6. The molecule has 0 spiro atoms. The summed E-state index contributed by atoms with van der Waals surface area (Å²) in [6.45, 7) is 0. The maximum absolute atomic E-state index is 12.6. The lowest BCUT2D eigenvalue weighted by Gasteiger charge is -2.08. The molecule has 0 aliphatic heterocycles. The zero-order valence-corrected chi connectivity index (χ0v) is 15.2. The van der Waals surface area contributed by atoms with Crippen LogP contribution >= 0.6 is 23.2 Å². The van der Waals surface area contributed by atoms with Gasteiger partial charge in [0.25, 0.3) is 15.2 Å². The molecule has 9 nitrogen and oxygen atoms in total. The number of halogens is 2. The van der Waals surface area contributed by atoms with Gasteiger partial charge < -0.3 is 9.47 Å². The molecular weight excluding hydrogens is 393 g/mol. The van der Waals surface area contributed by atoms with Crippen LogP contribution in [0.5, 0.6) is 11.9 Å². The van der Waals surface area contributed by atoms with E-state index < -0.39 is 15.2 Å². The first-order chi connectivity index (χ1) is 11.9. The molecule has 2 aromatic heterocycles. The quantitative estimate of drug-likeness (QED) is 0.695. The SMILES string of the molecule is COc1cc2nc(S(=O)(=O)Nc3c(Cl)cccc3Cl)nn2c(OC)n1. The molecule has 3 aromatic rings. The first-order valence-corrected chi connectivity index (χ1v) is 8.92. The van der Waals surface area contributed by atoms with Crippen LogP contribution in [-0.4, -0.2) is 42.2 Å². The Labute approximate surface area is 152 Å². The van der Waals surface area contributed by atoms with E-state index in [4.69, 9.17) is 32.7 Å². The van der Waals surface area contributed by atoms with Crippen molar-refractivity contribution >= 4 is 44.6 Å². The molecule has 25 heavy (non-hydrogen) atoms. The topological polar surface area (TPSA) is 108 Å². The van der Waals surface area contributed by atoms with Crippen LogP contribution in [0.2, 0.25) is 10.0 Å². The Hall–Kier alpha value is -2.30. The van der Waals surface area contributed by atoms with Crippen molar-refractivity contribution in [1.29, 1.82) is 0 Å². The van der Waals surface area contributed by atoms with Gasteiger partial charge >= 0.3 is 6.01 Å². The highest BCUT2D eigenvalue weighted by molar-refractivity contribution is 7.92. The van der Waals surface area contributed by atoms with E-state index in [0.29, 0.717) is 0 Å². The number of benzene rings is 1. The fourth-order valence-corrected chi connectivity index (χ4v) is 3.54. The highest BCUT2D eigenvalue weighted by Gasteiger charge is 2.24. The van der Waals surface area contributed by atoms with Crippen LogP contribution in [0.4, 0.5) is 5.69 Å². The molecule has 132 valence electrons. The summed E-state index contributed by atoms with van der Waals surface area (Å²) in [5.74, 6) is 0.197. The monoisotopic (exact) mass is 403 g/mol. The van der Waals surface area contributed by atoms with Crippen LogP contribution in [-0.2, 0) is 10.0 Å². The lowest BCUT2D eigenvalue weighted by molar-refractivity contribution is 0.343.